The SMILES string of the molecule is c1ccc(-c2ccc(N(c3ccccc3)c3cccc(-c4ccc(-c5ccc6c7ccccc7n(-c7ccccc7)c6c5)cc4-c4ccc5oc6ccccc6c5c4)c3)cc2)cc1. The highest BCUT2D eigenvalue weighted by molar-refractivity contribution is 6.11. The Morgan fingerprint density at radius 2 is 0.841 bits per heavy atom. The van der Waals surface area contributed by atoms with Gasteiger partial charge in [0.15, 0.2) is 0 Å². The molecule has 0 amide bonds. The minimum Gasteiger partial charge on any atom is -0.456 e. The van der Waals surface area contributed by atoms with E-state index in [0.29, 0.717) is 0 Å². The highest BCUT2D eigenvalue weighted by atomic mass is 16.3. The molecule has 296 valence electrons. The van der Waals surface area contributed by atoms with Gasteiger partial charge in [0.05, 0.1) is 11.0 Å². The zero-order valence-corrected chi connectivity index (χ0v) is 34.4. The van der Waals surface area contributed by atoms with Gasteiger partial charge in [-0.15, -0.1) is 0 Å². The van der Waals surface area contributed by atoms with Gasteiger partial charge in [-0.3, -0.25) is 0 Å². The number of benzene rings is 10. The summed E-state index contributed by atoms with van der Waals surface area (Å²) in [5, 5.41) is 4.71. The number of para-hydroxylation sites is 4. The van der Waals surface area contributed by atoms with Crippen molar-refractivity contribution in [3.63, 3.8) is 0 Å². The topological polar surface area (TPSA) is 21.3 Å². The summed E-state index contributed by atoms with van der Waals surface area (Å²) in [6, 6.07) is 87.2. The highest BCUT2D eigenvalue weighted by Gasteiger charge is 2.19. The maximum atomic E-state index is 6.32. The van der Waals surface area contributed by atoms with Gasteiger partial charge >= 0.3 is 0 Å². The Hall–Kier alpha value is -8.40. The molecule has 10 aromatic carbocycles. The van der Waals surface area contributed by atoms with Crippen LogP contribution in [0.1, 0.15) is 0 Å². The summed E-state index contributed by atoms with van der Waals surface area (Å²) in [5.41, 5.74) is 17.8. The van der Waals surface area contributed by atoms with Crippen molar-refractivity contribution in [3.8, 4) is 50.2 Å². The van der Waals surface area contributed by atoms with E-state index < -0.39 is 0 Å². The number of fused-ring (bicyclic) bond motifs is 6. The summed E-state index contributed by atoms with van der Waals surface area (Å²) in [6.07, 6.45) is 0. The molecule has 0 fully saturated rings. The number of aromatic nitrogens is 1. The largest absolute Gasteiger partial charge is 0.456 e. The monoisotopic (exact) mass is 804 g/mol. The van der Waals surface area contributed by atoms with Crippen LogP contribution in [0.5, 0.6) is 0 Å². The van der Waals surface area contributed by atoms with Crippen molar-refractivity contribution < 1.29 is 4.42 Å². The molecule has 0 saturated heterocycles. The molecule has 0 spiro atoms. The molecule has 0 bridgehead atoms. The van der Waals surface area contributed by atoms with E-state index in [0.717, 1.165) is 78.1 Å². The van der Waals surface area contributed by atoms with Crippen molar-refractivity contribution in [1.82, 2.24) is 4.57 Å². The van der Waals surface area contributed by atoms with Gasteiger partial charge in [-0.2, -0.15) is 0 Å². The molecule has 2 aromatic heterocycles. The lowest BCUT2D eigenvalue weighted by Crippen LogP contribution is -2.09. The first kappa shape index (κ1) is 36.5. The van der Waals surface area contributed by atoms with Gasteiger partial charge in [-0.1, -0.05) is 158 Å². The molecular formula is C60H40N2O. The summed E-state index contributed by atoms with van der Waals surface area (Å²) in [6.45, 7) is 0. The lowest BCUT2D eigenvalue weighted by Gasteiger charge is -2.26. The van der Waals surface area contributed by atoms with E-state index in [-0.39, 0.29) is 0 Å². The highest BCUT2D eigenvalue weighted by Crippen LogP contribution is 2.43. The van der Waals surface area contributed by atoms with E-state index >= 15 is 0 Å². The Balaban J connectivity index is 1.03. The Bertz CT molecular complexity index is 3600. The first-order valence-electron chi connectivity index (χ1n) is 21.5. The number of hydrogen-bond acceptors (Lipinski definition) is 2. The van der Waals surface area contributed by atoms with E-state index in [1.165, 1.54) is 32.9 Å². The second kappa shape index (κ2) is 15.3. The van der Waals surface area contributed by atoms with Crippen LogP contribution in [0.15, 0.2) is 247 Å². The standard InChI is InChI=1S/C60H40N2O/c1-4-15-41(16-5-1)42-27-32-49(33-28-42)61(47-18-6-2-7-19-47)50-22-14-17-45(37-50)51-34-29-43(38-55(51)46-31-36-60-56(39-46)54-24-11-13-26-59(54)63-60)44-30-35-53-52-23-10-12-25-57(52)62(58(53)40-44)48-20-8-3-9-21-48/h1-40H. The van der Waals surface area contributed by atoms with E-state index in [1.807, 2.05) is 12.1 Å². The van der Waals surface area contributed by atoms with Crippen molar-refractivity contribution >= 4 is 60.8 Å². The molecule has 0 radical (unpaired) electrons. The van der Waals surface area contributed by atoms with Gasteiger partial charge < -0.3 is 13.9 Å². The van der Waals surface area contributed by atoms with Crippen molar-refractivity contribution in [2.45, 2.75) is 0 Å². The third-order valence-corrected chi connectivity index (χ3v) is 12.4. The fraction of sp³-hybridized carbons (Fsp3) is 0. The second-order valence-corrected chi connectivity index (χ2v) is 16.1. The molecule has 0 saturated carbocycles. The molecule has 0 aliphatic heterocycles. The number of anilines is 3. The van der Waals surface area contributed by atoms with Crippen LogP contribution in [0.4, 0.5) is 17.1 Å². The zero-order valence-electron chi connectivity index (χ0n) is 34.4. The van der Waals surface area contributed by atoms with Gasteiger partial charge in [-0.25, -0.2) is 0 Å². The Morgan fingerprint density at radius 3 is 1.67 bits per heavy atom. The normalized spacial score (nSPS) is 11.5. The van der Waals surface area contributed by atoms with Crippen molar-refractivity contribution in [3.05, 3.63) is 243 Å². The van der Waals surface area contributed by atoms with Crippen molar-refractivity contribution in [1.29, 1.82) is 0 Å². The van der Waals surface area contributed by atoms with E-state index in [4.69, 9.17) is 4.42 Å². The van der Waals surface area contributed by atoms with Crippen LogP contribution in [0.2, 0.25) is 0 Å². The molecule has 12 rings (SSSR count). The Labute approximate surface area is 366 Å². The van der Waals surface area contributed by atoms with Gasteiger partial charge in [0.25, 0.3) is 0 Å². The maximum Gasteiger partial charge on any atom is 0.135 e. The fourth-order valence-corrected chi connectivity index (χ4v) is 9.38. The lowest BCUT2D eigenvalue weighted by molar-refractivity contribution is 0.669. The number of hydrogen-bond donors (Lipinski definition) is 0. The molecule has 3 nitrogen and oxygen atoms in total. The first-order valence-corrected chi connectivity index (χ1v) is 21.5. The minimum absolute atomic E-state index is 0.885. The maximum absolute atomic E-state index is 6.32. The van der Waals surface area contributed by atoms with E-state index in [2.05, 4.69) is 240 Å². The first-order chi connectivity index (χ1) is 31.2. The lowest BCUT2D eigenvalue weighted by atomic mass is 9.90. The predicted octanol–water partition coefficient (Wildman–Crippen LogP) is 16.8. The molecule has 0 aliphatic rings. The minimum atomic E-state index is 0.885. The Kier molecular flexibility index (Phi) is 8.83. The number of rotatable bonds is 8. The van der Waals surface area contributed by atoms with E-state index in [1.54, 1.807) is 0 Å². The quantitative estimate of drug-likeness (QED) is 0.153. The average molecular weight is 805 g/mol. The molecule has 2 heterocycles. The predicted molar refractivity (Wildman–Crippen MR) is 264 cm³/mol. The van der Waals surface area contributed by atoms with Gasteiger partial charge in [0.2, 0.25) is 0 Å². The molecule has 0 N–H and O–H groups in total. The van der Waals surface area contributed by atoms with E-state index in [9.17, 15) is 0 Å². The smallest absolute Gasteiger partial charge is 0.135 e. The summed E-state index contributed by atoms with van der Waals surface area (Å²) in [7, 11) is 0. The average Bonchev–Trinajstić information content (AvgIpc) is 3.90. The second-order valence-electron chi connectivity index (χ2n) is 16.1. The third kappa shape index (κ3) is 6.46. The van der Waals surface area contributed by atoms with Crippen LogP contribution in [0.25, 0.3) is 93.9 Å². The van der Waals surface area contributed by atoms with Crippen molar-refractivity contribution in [2.24, 2.45) is 0 Å². The summed E-state index contributed by atoms with van der Waals surface area (Å²) in [5.74, 6) is 0. The van der Waals surface area contributed by atoms with Gasteiger partial charge in [-0.05, 0) is 129 Å². The van der Waals surface area contributed by atoms with Crippen molar-refractivity contribution in [2.75, 3.05) is 4.90 Å². The molecular weight excluding hydrogens is 765 g/mol. The van der Waals surface area contributed by atoms with Crippen LogP contribution in [0.3, 0.4) is 0 Å². The Morgan fingerprint density at radius 1 is 0.286 bits per heavy atom. The third-order valence-electron chi connectivity index (χ3n) is 12.4. The molecule has 12 aromatic rings. The molecule has 0 aliphatic carbocycles. The summed E-state index contributed by atoms with van der Waals surface area (Å²) < 4.78 is 8.70. The van der Waals surface area contributed by atoms with Crippen LogP contribution >= 0.6 is 0 Å². The molecule has 3 heteroatoms. The zero-order chi connectivity index (χ0) is 41.7. The summed E-state index contributed by atoms with van der Waals surface area (Å²) in [4.78, 5) is 2.34. The van der Waals surface area contributed by atoms with Gasteiger partial charge in [0.1, 0.15) is 11.2 Å². The number of nitrogens with zero attached hydrogens (tertiary/aromatic N) is 2. The van der Waals surface area contributed by atoms with Gasteiger partial charge in [0, 0.05) is 44.3 Å². The van der Waals surface area contributed by atoms with Crippen LogP contribution in [0, 0.1) is 0 Å². The van der Waals surface area contributed by atoms with Crippen LogP contribution < -0.4 is 4.90 Å². The van der Waals surface area contributed by atoms with Crippen LogP contribution in [-0.4, -0.2) is 4.57 Å². The molecule has 63 heavy (non-hydrogen) atoms. The summed E-state index contributed by atoms with van der Waals surface area (Å²) >= 11 is 0. The van der Waals surface area contributed by atoms with Crippen LogP contribution in [-0.2, 0) is 0 Å². The fourth-order valence-electron chi connectivity index (χ4n) is 9.38. The molecule has 0 unspecified atom stereocenters. The molecule has 0 atom stereocenters. The number of furan rings is 1.